The first kappa shape index (κ1) is 13.9. The monoisotopic (exact) mass is 274 g/mol. The molecule has 0 aliphatic heterocycles. The Morgan fingerprint density at radius 1 is 1.30 bits per heavy atom. The number of halogens is 1. The van der Waals surface area contributed by atoms with Crippen LogP contribution in [0.15, 0.2) is 36.4 Å². The van der Waals surface area contributed by atoms with Crippen molar-refractivity contribution in [3.8, 4) is 5.75 Å². The van der Waals surface area contributed by atoms with Gasteiger partial charge in [0.2, 0.25) is 5.91 Å². The van der Waals surface area contributed by atoms with Crippen LogP contribution in [0.5, 0.6) is 5.75 Å². The summed E-state index contributed by atoms with van der Waals surface area (Å²) in [6.07, 6.45) is 0. The molecule has 0 aliphatic carbocycles. The lowest BCUT2D eigenvalue weighted by Gasteiger charge is -2.12. The van der Waals surface area contributed by atoms with E-state index in [9.17, 15) is 9.18 Å². The topological polar surface area (TPSA) is 78.3 Å². The molecule has 0 atom stereocenters. The second-order valence-electron chi connectivity index (χ2n) is 4.45. The zero-order valence-electron chi connectivity index (χ0n) is 11.0. The number of anilines is 1. The molecule has 0 heterocycles. The third-order valence-corrected chi connectivity index (χ3v) is 2.94. The van der Waals surface area contributed by atoms with Gasteiger partial charge in [-0.25, -0.2) is 4.39 Å². The molecule has 4 N–H and O–H groups in total. The highest BCUT2D eigenvalue weighted by Gasteiger charge is 2.10. The Morgan fingerprint density at radius 2 is 2.05 bits per heavy atom. The lowest BCUT2D eigenvalue weighted by atomic mass is 10.1. The molecule has 0 radical (unpaired) electrons. The predicted octanol–water partition coefficient (Wildman–Crippen LogP) is 2.39. The second kappa shape index (κ2) is 5.61. The number of para-hydroxylation sites is 1. The minimum Gasteiger partial charge on any atom is -0.486 e. The van der Waals surface area contributed by atoms with Crippen LogP contribution in [-0.4, -0.2) is 5.91 Å². The number of benzene rings is 2. The Kier molecular flexibility index (Phi) is 3.89. The highest BCUT2D eigenvalue weighted by Crippen LogP contribution is 2.26. The zero-order valence-corrected chi connectivity index (χ0v) is 11.0. The van der Waals surface area contributed by atoms with E-state index in [0.717, 1.165) is 5.56 Å². The van der Waals surface area contributed by atoms with Crippen LogP contribution < -0.4 is 16.2 Å². The van der Waals surface area contributed by atoms with Gasteiger partial charge in [0, 0.05) is 11.1 Å². The molecular weight excluding hydrogens is 259 g/mol. The van der Waals surface area contributed by atoms with Crippen LogP contribution in [0.3, 0.4) is 0 Å². The van der Waals surface area contributed by atoms with Gasteiger partial charge in [-0.15, -0.1) is 0 Å². The normalized spacial score (nSPS) is 10.3. The Balaban J connectivity index is 2.23. The second-order valence-corrected chi connectivity index (χ2v) is 4.45. The van der Waals surface area contributed by atoms with Gasteiger partial charge in [0.15, 0.2) is 0 Å². The molecule has 0 unspecified atom stereocenters. The van der Waals surface area contributed by atoms with Crippen LogP contribution in [0.1, 0.15) is 21.5 Å². The van der Waals surface area contributed by atoms with Crippen molar-refractivity contribution in [2.24, 2.45) is 5.73 Å². The fraction of sp³-hybridized carbons (Fsp3) is 0.133. The van der Waals surface area contributed by atoms with E-state index in [0.29, 0.717) is 11.4 Å². The van der Waals surface area contributed by atoms with Gasteiger partial charge >= 0.3 is 0 Å². The van der Waals surface area contributed by atoms with Crippen molar-refractivity contribution in [2.75, 3.05) is 5.73 Å². The summed E-state index contributed by atoms with van der Waals surface area (Å²) in [6, 6.07) is 9.28. The molecule has 20 heavy (non-hydrogen) atoms. The van der Waals surface area contributed by atoms with Crippen LogP contribution in [-0.2, 0) is 6.61 Å². The van der Waals surface area contributed by atoms with Crippen molar-refractivity contribution < 1.29 is 13.9 Å². The summed E-state index contributed by atoms with van der Waals surface area (Å²) in [5, 5.41) is 0. The number of nitrogens with two attached hydrogens (primary N) is 2. The Hall–Kier alpha value is -2.56. The van der Waals surface area contributed by atoms with Gasteiger partial charge in [0.05, 0.1) is 5.69 Å². The van der Waals surface area contributed by atoms with Crippen molar-refractivity contribution in [2.45, 2.75) is 13.5 Å². The SMILES string of the molecule is Cc1cccc(N)c1OCc1cc(C(N)=O)ccc1F. The molecule has 0 fully saturated rings. The maximum absolute atomic E-state index is 13.7. The van der Waals surface area contributed by atoms with E-state index in [1.165, 1.54) is 18.2 Å². The van der Waals surface area contributed by atoms with Gasteiger partial charge in [-0.05, 0) is 36.8 Å². The molecule has 0 bridgehead atoms. The summed E-state index contributed by atoms with van der Waals surface area (Å²) in [4.78, 5) is 11.1. The molecule has 0 aliphatic rings. The molecule has 0 saturated heterocycles. The molecule has 0 aromatic heterocycles. The Morgan fingerprint density at radius 3 is 2.70 bits per heavy atom. The van der Waals surface area contributed by atoms with Crippen LogP contribution in [0.4, 0.5) is 10.1 Å². The van der Waals surface area contributed by atoms with E-state index < -0.39 is 11.7 Å². The van der Waals surface area contributed by atoms with Crippen LogP contribution in [0.2, 0.25) is 0 Å². The maximum Gasteiger partial charge on any atom is 0.248 e. The molecule has 0 saturated carbocycles. The molecule has 2 rings (SSSR count). The zero-order chi connectivity index (χ0) is 14.7. The van der Waals surface area contributed by atoms with Crippen molar-refractivity contribution >= 4 is 11.6 Å². The number of carbonyl (C=O) groups is 1. The highest BCUT2D eigenvalue weighted by atomic mass is 19.1. The van der Waals surface area contributed by atoms with E-state index in [-0.39, 0.29) is 17.7 Å². The molecule has 5 heteroatoms. The lowest BCUT2D eigenvalue weighted by molar-refractivity contribution is 0.1000. The van der Waals surface area contributed by atoms with E-state index >= 15 is 0 Å². The van der Waals surface area contributed by atoms with Crippen molar-refractivity contribution in [3.05, 3.63) is 58.9 Å². The number of primary amides is 1. The number of rotatable bonds is 4. The van der Waals surface area contributed by atoms with Crippen LogP contribution >= 0.6 is 0 Å². The fourth-order valence-corrected chi connectivity index (χ4v) is 1.86. The van der Waals surface area contributed by atoms with E-state index in [2.05, 4.69) is 0 Å². The third-order valence-electron chi connectivity index (χ3n) is 2.94. The number of carbonyl (C=O) groups excluding carboxylic acids is 1. The number of hydrogen-bond acceptors (Lipinski definition) is 3. The number of aryl methyl sites for hydroxylation is 1. The first-order valence-corrected chi connectivity index (χ1v) is 6.05. The fourth-order valence-electron chi connectivity index (χ4n) is 1.86. The summed E-state index contributed by atoms with van der Waals surface area (Å²) in [5.41, 5.74) is 12.8. The minimum atomic E-state index is -0.610. The smallest absolute Gasteiger partial charge is 0.248 e. The van der Waals surface area contributed by atoms with E-state index in [1.807, 2.05) is 19.1 Å². The molecular formula is C15H15FN2O2. The van der Waals surface area contributed by atoms with Crippen LogP contribution in [0.25, 0.3) is 0 Å². The van der Waals surface area contributed by atoms with Gasteiger partial charge in [-0.1, -0.05) is 12.1 Å². The number of ether oxygens (including phenoxy) is 1. The average molecular weight is 274 g/mol. The third kappa shape index (κ3) is 2.88. The number of nitrogen functional groups attached to an aromatic ring is 1. The first-order chi connectivity index (χ1) is 9.49. The molecule has 104 valence electrons. The standard InChI is InChI=1S/C15H15FN2O2/c1-9-3-2-4-13(17)14(9)20-8-11-7-10(15(18)19)5-6-12(11)16/h2-7H,8,17H2,1H3,(H2,18,19). The first-order valence-electron chi connectivity index (χ1n) is 6.05. The average Bonchev–Trinajstić information content (AvgIpc) is 2.39. The van der Waals surface area contributed by atoms with Gasteiger partial charge < -0.3 is 16.2 Å². The van der Waals surface area contributed by atoms with Crippen LogP contribution in [0, 0.1) is 12.7 Å². The van der Waals surface area contributed by atoms with Gasteiger partial charge in [-0.2, -0.15) is 0 Å². The number of hydrogen-bond donors (Lipinski definition) is 2. The van der Waals surface area contributed by atoms with E-state index in [4.69, 9.17) is 16.2 Å². The van der Waals surface area contributed by atoms with E-state index in [1.54, 1.807) is 6.07 Å². The summed E-state index contributed by atoms with van der Waals surface area (Å²) in [5.74, 6) is -0.555. The molecule has 2 aromatic rings. The molecule has 0 spiro atoms. The van der Waals surface area contributed by atoms with Gasteiger partial charge in [0.25, 0.3) is 0 Å². The summed E-state index contributed by atoms with van der Waals surface area (Å²) in [6.45, 7) is 1.82. The quantitative estimate of drug-likeness (QED) is 0.840. The lowest BCUT2D eigenvalue weighted by Crippen LogP contribution is -2.12. The van der Waals surface area contributed by atoms with Gasteiger partial charge in [0.1, 0.15) is 18.2 Å². The molecule has 2 aromatic carbocycles. The highest BCUT2D eigenvalue weighted by molar-refractivity contribution is 5.92. The predicted molar refractivity (Wildman–Crippen MR) is 74.8 cm³/mol. The number of amides is 1. The largest absolute Gasteiger partial charge is 0.486 e. The van der Waals surface area contributed by atoms with Gasteiger partial charge in [-0.3, -0.25) is 4.79 Å². The maximum atomic E-state index is 13.7. The summed E-state index contributed by atoms with van der Waals surface area (Å²) in [7, 11) is 0. The molecule has 4 nitrogen and oxygen atoms in total. The van der Waals surface area contributed by atoms with Crippen molar-refractivity contribution in [1.29, 1.82) is 0 Å². The Labute approximate surface area is 116 Å². The Bertz CT molecular complexity index is 636. The summed E-state index contributed by atoms with van der Waals surface area (Å²) < 4.78 is 19.2. The minimum absolute atomic E-state index is 0.0258. The van der Waals surface area contributed by atoms with Crippen molar-refractivity contribution in [1.82, 2.24) is 0 Å². The van der Waals surface area contributed by atoms with Crippen molar-refractivity contribution in [3.63, 3.8) is 0 Å². The summed E-state index contributed by atoms with van der Waals surface area (Å²) >= 11 is 0. The molecule has 1 amide bonds.